The number of rotatable bonds is 4. The van der Waals surface area contributed by atoms with Crippen LogP contribution in [0.1, 0.15) is 56.6 Å². The molecule has 2 heterocycles. The number of likely N-dealkylation sites (tertiary alicyclic amines) is 1. The lowest BCUT2D eigenvalue weighted by atomic mass is 9.99. The molecule has 2 atom stereocenters. The Hall–Kier alpha value is -1.35. The van der Waals surface area contributed by atoms with Crippen molar-refractivity contribution in [2.45, 2.75) is 51.0 Å². The predicted molar refractivity (Wildman–Crippen MR) is 89.6 cm³/mol. The van der Waals surface area contributed by atoms with Crippen LogP contribution in [0.3, 0.4) is 0 Å². The molecule has 2 saturated heterocycles. The third-order valence-corrected chi connectivity index (χ3v) is 5.19. The summed E-state index contributed by atoms with van der Waals surface area (Å²) in [6, 6.07) is 10.9. The van der Waals surface area contributed by atoms with Crippen LogP contribution in [0.4, 0.5) is 0 Å². The largest absolute Gasteiger partial charge is 0.336 e. The van der Waals surface area contributed by atoms with Gasteiger partial charge in [0, 0.05) is 13.0 Å². The van der Waals surface area contributed by atoms with Gasteiger partial charge in [0.1, 0.15) is 0 Å². The van der Waals surface area contributed by atoms with E-state index in [9.17, 15) is 4.79 Å². The molecule has 3 nitrogen and oxygen atoms in total. The minimum absolute atomic E-state index is 0.290. The minimum Gasteiger partial charge on any atom is -0.336 e. The molecule has 2 aliphatic rings. The first kappa shape index (κ1) is 15.5. The zero-order valence-corrected chi connectivity index (χ0v) is 13.5. The van der Waals surface area contributed by atoms with E-state index in [-0.39, 0.29) is 6.04 Å². The summed E-state index contributed by atoms with van der Waals surface area (Å²) in [6.07, 6.45) is 7.74. The van der Waals surface area contributed by atoms with E-state index < -0.39 is 0 Å². The predicted octanol–water partition coefficient (Wildman–Crippen LogP) is 3.52. The summed E-state index contributed by atoms with van der Waals surface area (Å²) in [4.78, 5) is 15.0. The highest BCUT2D eigenvalue weighted by atomic mass is 16.2. The summed E-state index contributed by atoms with van der Waals surface area (Å²) < 4.78 is 0. The second kappa shape index (κ2) is 7.77. The normalized spacial score (nSPS) is 25.9. The van der Waals surface area contributed by atoms with E-state index in [1.165, 1.54) is 24.8 Å². The monoisotopic (exact) mass is 300 g/mol. The van der Waals surface area contributed by atoms with Crippen molar-refractivity contribution in [3.63, 3.8) is 0 Å². The van der Waals surface area contributed by atoms with Crippen LogP contribution in [0.5, 0.6) is 0 Å². The van der Waals surface area contributed by atoms with Gasteiger partial charge in [0.15, 0.2) is 0 Å². The lowest BCUT2D eigenvalue weighted by Gasteiger charge is -2.31. The second-order valence-electron chi connectivity index (χ2n) is 6.76. The molecule has 1 aromatic rings. The summed E-state index contributed by atoms with van der Waals surface area (Å²) in [5.74, 6) is 1.06. The van der Waals surface area contributed by atoms with Crippen LogP contribution < -0.4 is 5.32 Å². The molecule has 0 aromatic heterocycles. The SMILES string of the molecule is O=C(CCC1CCNC1)N1CCCCCC1c1ccccc1. The number of carbonyl (C=O) groups excluding carboxylic acids is 1. The first-order valence-corrected chi connectivity index (χ1v) is 8.90. The number of nitrogens with zero attached hydrogens (tertiary/aromatic N) is 1. The third-order valence-electron chi connectivity index (χ3n) is 5.19. The van der Waals surface area contributed by atoms with E-state index in [2.05, 4.69) is 40.5 Å². The molecule has 0 spiro atoms. The Kier molecular flexibility index (Phi) is 5.49. The Balaban J connectivity index is 1.65. The molecule has 2 aliphatic heterocycles. The van der Waals surface area contributed by atoms with Crippen molar-refractivity contribution in [1.82, 2.24) is 10.2 Å². The van der Waals surface area contributed by atoms with Crippen LogP contribution in [0.15, 0.2) is 30.3 Å². The molecular weight excluding hydrogens is 272 g/mol. The summed E-state index contributed by atoms with van der Waals surface area (Å²) >= 11 is 0. The van der Waals surface area contributed by atoms with Gasteiger partial charge in [0.25, 0.3) is 0 Å². The van der Waals surface area contributed by atoms with Gasteiger partial charge in [-0.3, -0.25) is 4.79 Å². The molecule has 0 aliphatic carbocycles. The maximum atomic E-state index is 12.8. The number of hydrogen-bond acceptors (Lipinski definition) is 2. The maximum absolute atomic E-state index is 12.8. The Bertz CT molecular complexity index is 468. The molecular formula is C19H28N2O. The van der Waals surface area contributed by atoms with Gasteiger partial charge in [-0.25, -0.2) is 0 Å². The summed E-state index contributed by atoms with van der Waals surface area (Å²) in [5, 5.41) is 3.40. The van der Waals surface area contributed by atoms with Crippen molar-refractivity contribution in [1.29, 1.82) is 0 Å². The summed E-state index contributed by atoms with van der Waals surface area (Å²) in [7, 11) is 0. The van der Waals surface area contributed by atoms with Gasteiger partial charge in [-0.05, 0) is 50.3 Å². The van der Waals surface area contributed by atoms with Crippen molar-refractivity contribution in [2.75, 3.05) is 19.6 Å². The van der Waals surface area contributed by atoms with Gasteiger partial charge in [0.05, 0.1) is 6.04 Å². The standard InChI is InChI=1S/C19H28N2O/c22-19(11-10-16-12-13-20-15-16)21-14-6-2-5-9-18(21)17-7-3-1-4-8-17/h1,3-4,7-8,16,18,20H,2,5-6,9-15H2. The van der Waals surface area contributed by atoms with Crippen molar-refractivity contribution in [3.8, 4) is 0 Å². The third kappa shape index (κ3) is 3.89. The van der Waals surface area contributed by atoms with E-state index in [0.29, 0.717) is 11.8 Å². The molecule has 0 saturated carbocycles. The minimum atomic E-state index is 0.290. The van der Waals surface area contributed by atoms with E-state index >= 15 is 0 Å². The number of carbonyl (C=O) groups is 1. The van der Waals surface area contributed by atoms with Gasteiger partial charge in [0.2, 0.25) is 5.91 Å². The fourth-order valence-electron chi connectivity index (χ4n) is 3.86. The highest BCUT2D eigenvalue weighted by Crippen LogP contribution is 2.31. The molecule has 3 heteroatoms. The highest BCUT2D eigenvalue weighted by Gasteiger charge is 2.27. The Morgan fingerprint density at radius 2 is 2.00 bits per heavy atom. The lowest BCUT2D eigenvalue weighted by molar-refractivity contribution is -0.134. The summed E-state index contributed by atoms with van der Waals surface area (Å²) in [5.41, 5.74) is 1.31. The van der Waals surface area contributed by atoms with Gasteiger partial charge < -0.3 is 10.2 Å². The fourth-order valence-corrected chi connectivity index (χ4v) is 3.86. The maximum Gasteiger partial charge on any atom is 0.223 e. The number of amides is 1. The number of nitrogens with one attached hydrogen (secondary N) is 1. The van der Waals surface area contributed by atoms with Crippen LogP contribution in [0.25, 0.3) is 0 Å². The van der Waals surface area contributed by atoms with Crippen molar-refractivity contribution in [2.24, 2.45) is 5.92 Å². The van der Waals surface area contributed by atoms with Gasteiger partial charge in [-0.15, -0.1) is 0 Å². The van der Waals surface area contributed by atoms with E-state index in [4.69, 9.17) is 0 Å². The zero-order chi connectivity index (χ0) is 15.2. The fraction of sp³-hybridized carbons (Fsp3) is 0.632. The molecule has 1 aromatic carbocycles. The van der Waals surface area contributed by atoms with Crippen molar-refractivity contribution >= 4 is 5.91 Å². The number of benzene rings is 1. The van der Waals surface area contributed by atoms with Crippen molar-refractivity contribution in [3.05, 3.63) is 35.9 Å². The molecule has 1 N–H and O–H groups in total. The van der Waals surface area contributed by atoms with Crippen LogP contribution in [-0.2, 0) is 4.79 Å². The van der Waals surface area contributed by atoms with Crippen LogP contribution >= 0.6 is 0 Å². The highest BCUT2D eigenvalue weighted by molar-refractivity contribution is 5.76. The van der Waals surface area contributed by atoms with Gasteiger partial charge >= 0.3 is 0 Å². The molecule has 2 unspecified atom stereocenters. The quantitative estimate of drug-likeness (QED) is 0.922. The van der Waals surface area contributed by atoms with Crippen LogP contribution in [-0.4, -0.2) is 30.4 Å². The molecule has 0 bridgehead atoms. The average molecular weight is 300 g/mol. The summed E-state index contributed by atoms with van der Waals surface area (Å²) in [6.45, 7) is 3.14. The van der Waals surface area contributed by atoms with E-state index in [1.807, 2.05) is 0 Å². The van der Waals surface area contributed by atoms with Crippen molar-refractivity contribution < 1.29 is 4.79 Å². The first-order valence-electron chi connectivity index (χ1n) is 8.90. The lowest BCUT2D eigenvalue weighted by Crippen LogP contribution is -2.35. The molecule has 2 fully saturated rings. The average Bonchev–Trinajstić information content (AvgIpc) is 2.96. The molecule has 22 heavy (non-hydrogen) atoms. The molecule has 3 rings (SSSR count). The van der Waals surface area contributed by atoms with Gasteiger partial charge in [-0.2, -0.15) is 0 Å². The molecule has 1 amide bonds. The van der Waals surface area contributed by atoms with E-state index in [0.717, 1.165) is 45.3 Å². The number of hydrogen-bond donors (Lipinski definition) is 1. The second-order valence-corrected chi connectivity index (χ2v) is 6.76. The Morgan fingerprint density at radius 1 is 1.14 bits per heavy atom. The van der Waals surface area contributed by atoms with E-state index in [1.54, 1.807) is 0 Å². The molecule has 120 valence electrons. The topological polar surface area (TPSA) is 32.3 Å². The Morgan fingerprint density at radius 3 is 2.77 bits per heavy atom. The van der Waals surface area contributed by atoms with Gasteiger partial charge in [-0.1, -0.05) is 43.2 Å². The van der Waals surface area contributed by atoms with Crippen LogP contribution in [0, 0.1) is 5.92 Å². The smallest absolute Gasteiger partial charge is 0.223 e. The zero-order valence-electron chi connectivity index (χ0n) is 13.5. The Labute approximate surface area is 134 Å². The molecule has 0 radical (unpaired) electrons. The first-order chi connectivity index (χ1) is 10.8. The van der Waals surface area contributed by atoms with Crippen LogP contribution in [0.2, 0.25) is 0 Å².